The highest BCUT2D eigenvalue weighted by Gasteiger charge is 2.39. The molecule has 44 heavy (non-hydrogen) atoms. The van der Waals surface area contributed by atoms with Gasteiger partial charge in [0.15, 0.2) is 0 Å². The lowest BCUT2D eigenvalue weighted by molar-refractivity contribution is -0.128. The Morgan fingerprint density at radius 3 is 2.36 bits per heavy atom. The van der Waals surface area contributed by atoms with Crippen LogP contribution in [0.4, 0.5) is 4.39 Å². The quantitative estimate of drug-likeness (QED) is 0.295. The predicted molar refractivity (Wildman–Crippen MR) is 173 cm³/mol. The molecule has 2 amide bonds. The van der Waals surface area contributed by atoms with Gasteiger partial charge in [-0.3, -0.25) is 14.5 Å². The number of aryl methyl sites for hydroxylation is 1. The summed E-state index contributed by atoms with van der Waals surface area (Å²) in [5.74, 6) is 0.215. The molecule has 0 aromatic heterocycles. The number of nitrogens with two attached hydrogens (primary N) is 1. The summed E-state index contributed by atoms with van der Waals surface area (Å²) in [5.41, 5.74) is 10.1. The first-order valence-electron chi connectivity index (χ1n) is 16.3. The number of carbonyl (C=O) groups excluding carboxylic acids is 2. The second-order valence-corrected chi connectivity index (χ2v) is 12.8. The Morgan fingerprint density at radius 2 is 1.64 bits per heavy atom. The highest BCUT2D eigenvalue weighted by Crippen LogP contribution is 2.29. The van der Waals surface area contributed by atoms with Gasteiger partial charge in [-0.05, 0) is 99.2 Å². The molecule has 3 N–H and O–H groups in total. The van der Waals surface area contributed by atoms with Crippen LogP contribution in [-0.2, 0) is 17.8 Å². The number of nitrogens with one attached hydrogen (secondary N) is 1. The molecule has 0 bridgehead atoms. The van der Waals surface area contributed by atoms with E-state index in [9.17, 15) is 14.0 Å². The summed E-state index contributed by atoms with van der Waals surface area (Å²) in [6, 6.07) is 24.3. The third-order valence-corrected chi connectivity index (χ3v) is 9.57. The fourth-order valence-electron chi connectivity index (χ4n) is 6.93. The number of piperidine rings is 1. The van der Waals surface area contributed by atoms with Crippen molar-refractivity contribution in [3.05, 3.63) is 107 Å². The van der Waals surface area contributed by atoms with E-state index in [1.165, 1.54) is 41.0 Å². The van der Waals surface area contributed by atoms with Crippen molar-refractivity contribution in [1.82, 2.24) is 15.1 Å². The zero-order chi connectivity index (χ0) is 30.9. The van der Waals surface area contributed by atoms with Gasteiger partial charge in [0.2, 0.25) is 5.91 Å². The second kappa shape index (κ2) is 15.4. The Balaban J connectivity index is 1.35. The normalized spacial score (nSPS) is 22.1. The van der Waals surface area contributed by atoms with Crippen LogP contribution >= 0.6 is 0 Å². The Morgan fingerprint density at radius 1 is 0.909 bits per heavy atom. The zero-order valence-corrected chi connectivity index (χ0v) is 26.0. The van der Waals surface area contributed by atoms with Crippen LogP contribution in [0, 0.1) is 24.6 Å². The number of nitrogens with zero attached hydrogens (tertiary/aromatic N) is 2. The molecule has 234 valence electrons. The molecule has 0 spiro atoms. The molecular formula is C37H47FN4O2. The van der Waals surface area contributed by atoms with Crippen molar-refractivity contribution in [1.29, 1.82) is 0 Å². The minimum Gasteiger partial charge on any atom is -0.354 e. The molecule has 1 heterocycles. The fourth-order valence-corrected chi connectivity index (χ4v) is 6.93. The van der Waals surface area contributed by atoms with E-state index in [1.807, 2.05) is 6.07 Å². The maximum absolute atomic E-state index is 13.9. The van der Waals surface area contributed by atoms with Crippen molar-refractivity contribution >= 4 is 11.8 Å². The van der Waals surface area contributed by atoms with Gasteiger partial charge in [-0.2, -0.15) is 0 Å². The zero-order valence-electron chi connectivity index (χ0n) is 26.0. The van der Waals surface area contributed by atoms with Gasteiger partial charge >= 0.3 is 0 Å². The van der Waals surface area contributed by atoms with Crippen molar-refractivity contribution in [2.75, 3.05) is 26.2 Å². The Bertz CT molecular complexity index is 1350. The highest BCUT2D eigenvalue weighted by atomic mass is 19.1. The Hall–Kier alpha value is -3.55. The van der Waals surface area contributed by atoms with Crippen LogP contribution in [0.1, 0.15) is 65.6 Å². The molecule has 2 aliphatic rings. The second-order valence-electron chi connectivity index (χ2n) is 12.8. The number of benzene rings is 3. The Labute approximate surface area is 261 Å². The van der Waals surface area contributed by atoms with Crippen molar-refractivity contribution in [3.63, 3.8) is 0 Å². The molecule has 1 aliphatic carbocycles. The molecule has 1 aliphatic heterocycles. The number of halogens is 1. The molecule has 3 aromatic carbocycles. The van der Waals surface area contributed by atoms with Gasteiger partial charge in [0.1, 0.15) is 11.9 Å². The van der Waals surface area contributed by atoms with Crippen LogP contribution in [-0.4, -0.2) is 59.9 Å². The van der Waals surface area contributed by atoms with Crippen LogP contribution in [0.5, 0.6) is 0 Å². The topological polar surface area (TPSA) is 78.7 Å². The molecule has 0 radical (unpaired) electrons. The van der Waals surface area contributed by atoms with Crippen LogP contribution in [0.25, 0.3) is 0 Å². The molecule has 2 fully saturated rings. The summed E-state index contributed by atoms with van der Waals surface area (Å²) in [6.07, 6.45) is 6.64. The average Bonchev–Trinajstić information content (AvgIpc) is 3.06. The number of hydrogen-bond donors (Lipinski definition) is 2. The van der Waals surface area contributed by atoms with E-state index in [2.05, 4.69) is 65.7 Å². The molecule has 6 nitrogen and oxygen atoms in total. The van der Waals surface area contributed by atoms with Gasteiger partial charge in [0.25, 0.3) is 5.91 Å². The van der Waals surface area contributed by atoms with E-state index in [0.717, 1.165) is 51.6 Å². The number of amides is 2. The largest absolute Gasteiger partial charge is 0.354 e. The summed E-state index contributed by atoms with van der Waals surface area (Å²) in [5, 5.41) is 3.23. The van der Waals surface area contributed by atoms with Crippen molar-refractivity contribution in [3.8, 4) is 0 Å². The lowest BCUT2D eigenvalue weighted by atomic mass is 9.81. The van der Waals surface area contributed by atoms with E-state index in [1.54, 1.807) is 4.90 Å². The summed E-state index contributed by atoms with van der Waals surface area (Å²) in [7, 11) is 0. The van der Waals surface area contributed by atoms with E-state index in [-0.39, 0.29) is 23.7 Å². The van der Waals surface area contributed by atoms with Gasteiger partial charge in [-0.25, -0.2) is 4.39 Å². The van der Waals surface area contributed by atoms with E-state index in [4.69, 9.17) is 5.73 Å². The van der Waals surface area contributed by atoms with E-state index < -0.39 is 6.04 Å². The van der Waals surface area contributed by atoms with Gasteiger partial charge in [0, 0.05) is 37.8 Å². The Kier molecular flexibility index (Phi) is 11.2. The maximum Gasteiger partial charge on any atom is 0.254 e. The minimum absolute atomic E-state index is 0.0987. The number of carbonyl (C=O) groups is 2. The minimum atomic E-state index is -0.600. The third-order valence-electron chi connectivity index (χ3n) is 9.57. The molecule has 3 aromatic rings. The van der Waals surface area contributed by atoms with Gasteiger partial charge in [-0.15, -0.1) is 0 Å². The van der Waals surface area contributed by atoms with Crippen LogP contribution in [0.3, 0.4) is 0 Å². The number of hydrogen-bond acceptors (Lipinski definition) is 4. The summed E-state index contributed by atoms with van der Waals surface area (Å²) in [6.45, 7) is 5.49. The smallest absolute Gasteiger partial charge is 0.254 e. The number of likely N-dealkylation sites (tertiary alicyclic amines) is 1. The maximum atomic E-state index is 13.9. The van der Waals surface area contributed by atoms with Crippen LogP contribution in [0.15, 0.2) is 78.9 Å². The fraction of sp³-hybridized carbons (Fsp3) is 0.459. The first kappa shape index (κ1) is 31.9. The number of rotatable bonds is 11. The molecular weight excluding hydrogens is 551 g/mol. The lowest BCUT2D eigenvalue weighted by Gasteiger charge is -2.43. The monoisotopic (exact) mass is 598 g/mol. The summed E-state index contributed by atoms with van der Waals surface area (Å²) < 4.78 is 13.7. The van der Waals surface area contributed by atoms with Gasteiger partial charge in [0.05, 0.1) is 0 Å². The SMILES string of the molecule is Cc1ccc(CN(CCc2ccccc2)C2CCN(C(=O)c3ccc(F)cc3)[C@@H](C(=O)NCC3CCCC(CN)C3)C2)cc1. The van der Waals surface area contributed by atoms with Crippen LogP contribution < -0.4 is 11.1 Å². The van der Waals surface area contributed by atoms with Crippen LogP contribution in [0.2, 0.25) is 0 Å². The van der Waals surface area contributed by atoms with Crippen molar-refractivity contribution < 1.29 is 14.0 Å². The lowest BCUT2D eigenvalue weighted by Crippen LogP contribution is -2.57. The van der Waals surface area contributed by atoms with Crippen molar-refractivity contribution in [2.24, 2.45) is 17.6 Å². The van der Waals surface area contributed by atoms with Crippen molar-refractivity contribution in [2.45, 2.75) is 70.5 Å². The van der Waals surface area contributed by atoms with E-state index in [0.29, 0.717) is 43.5 Å². The third kappa shape index (κ3) is 8.54. The standard InChI is InChI=1S/C37H47FN4O2/c1-27-10-12-29(13-11-27)26-41(20-18-28-6-3-2-4-7-28)34-19-21-42(37(44)32-14-16-33(38)17-15-32)35(23-34)36(43)40-25-31-9-5-8-30(22-31)24-39/h2-4,6-7,10-17,30-31,34-35H,5,8-9,18-26,39H2,1H3,(H,40,43)/t30?,31?,34?,35-/m1/s1. The average molecular weight is 599 g/mol. The predicted octanol–water partition coefficient (Wildman–Crippen LogP) is 5.73. The van der Waals surface area contributed by atoms with Gasteiger partial charge in [-0.1, -0.05) is 66.6 Å². The van der Waals surface area contributed by atoms with E-state index >= 15 is 0 Å². The molecule has 5 rings (SSSR count). The molecule has 3 unspecified atom stereocenters. The summed E-state index contributed by atoms with van der Waals surface area (Å²) >= 11 is 0. The van der Waals surface area contributed by atoms with Gasteiger partial charge < -0.3 is 16.0 Å². The first-order chi connectivity index (χ1) is 21.4. The molecule has 1 saturated heterocycles. The molecule has 7 heteroatoms. The first-order valence-corrected chi connectivity index (χ1v) is 16.3. The molecule has 1 saturated carbocycles. The summed E-state index contributed by atoms with van der Waals surface area (Å²) in [4.78, 5) is 31.8. The molecule has 4 atom stereocenters. The highest BCUT2D eigenvalue weighted by molar-refractivity contribution is 5.97.